The van der Waals surface area contributed by atoms with Gasteiger partial charge in [-0.1, -0.05) is 36.4 Å². The quantitative estimate of drug-likeness (QED) is 0.490. The van der Waals surface area contributed by atoms with Crippen LogP contribution in [0.5, 0.6) is 0 Å². The molecule has 4 nitrogen and oxygen atoms in total. The number of carbonyl (C=O) groups excluding carboxylic acids is 1. The number of rotatable bonds is 6. The molecule has 0 radical (unpaired) electrons. The monoisotopic (exact) mass is 459 g/mol. The Morgan fingerprint density at radius 3 is 2.58 bits per heavy atom. The van der Waals surface area contributed by atoms with Gasteiger partial charge in [-0.3, -0.25) is 14.7 Å². The zero-order valence-electron chi connectivity index (χ0n) is 19.4. The highest BCUT2D eigenvalue weighted by molar-refractivity contribution is 7.16. The summed E-state index contributed by atoms with van der Waals surface area (Å²) in [4.78, 5) is 21.0. The fraction of sp³-hybridized carbons (Fsp3) is 0.429. The topological polar surface area (TPSA) is 45.2 Å². The zero-order valence-corrected chi connectivity index (χ0v) is 20.2. The summed E-state index contributed by atoms with van der Waals surface area (Å²) in [5.41, 5.74) is 5.32. The van der Waals surface area contributed by atoms with E-state index in [9.17, 15) is 4.79 Å². The maximum Gasteiger partial charge on any atom is 0.221 e. The standard InChI is InChI=1S/C28H33N3OS/c1-20(32)30-28-26(23-11-5-6-13-25(23)33-28)27(24-12-7-8-16-29-24)31-17-14-22(15-18-31)19-21-9-3-2-4-10-21/h2-4,7-10,12,16,22,27H,5-6,11,13-15,17-19H2,1H3,(H,30,32). The number of piperidine rings is 1. The molecule has 1 N–H and O–H groups in total. The van der Waals surface area contributed by atoms with Crippen molar-refractivity contribution in [2.75, 3.05) is 18.4 Å². The van der Waals surface area contributed by atoms with Crippen LogP contribution in [0.2, 0.25) is 0 Å². The fourth-order valence-electron chi connectivity index (χ4n) is 5.55. The van der Waals surface area contributed by atoms with Crippen molar-refractivity contribution >= 4 is 22.2 Å². The number of aryl methyl sites for hydroxylation is 1. The lowest BCUT2D eigenvalue weighted by atomic mass is 9.86. The normalized spacial score (nSPS) is 18.0. The molecule has 1 aromatic carbocycles. The van der Waals surface area contributed by atoms with Gasteiger partial charge in [-0.2, -0.15) is 0 Å². The molecule has 0 bridgehead atoms. The molecule has 3 heterocycles. The largest absolute Gasteiger partial charge is 0.318 e. The third kappa shape index (κ3) is 5.04. The smallest absolute Gasteiger partial charge is 0.221 e. The first-order valence-corrected chi connectivity index (χ1v) is 13.1. The number of pyridine rings is 1. The van der Waals surface area contributed by atoms with Gasteiger partial charge in [0.25, 0.3) is 0 Å². The highest BCUT2D eigenvalue weighted by Crippen LogP contribution is 2.45. The Labute approximate surface area is 201 Å². The van der Waals surface area contributed by atoms with Crippen LogP contribution < -0.4 is 5.32 Å². The molecule has 1 aliphatic heterocycles. The number of thiophene rings is 1. The van der Waals surface area contributed by atoms with Gasteiger partial charge >= 0.3 is 0 Å². The summed E-state index contributed by atoms with van der Waals surface area (Å²) in [5, 5.41) is 4.22. The molecule has 0 spiro atoms. The number of aromatic nitrogens is 1. The van der Waals surface area contributed by atoms with Gasteiger partial charge in [0.15, 0.2) is 0 Å². The van der Waals surface area contributed by atoms with E-state index >= 15 is 0 Å². The second kappa shape index (κ2) is 10.2. The van der Waals surface area contributed by atoms with Crippen molar-refractivity contribution in [1.29, 1.82) is 0 Å². The van der Waals surface area contributed by atoms with Crippen LogP contribution in [0.25, 0.3) is 0 Å². The number of nitrogens with zero attached hydrogens (tertiary/aromatic N) is 2. The number of nitrogens with one attached hydrogen (secondary N) is 1. The molecule has 3 aromatic rings. The van der Waals surface area contributed by atoms with Crippen LogP contribution >= 0.6 is 11.3 Å². The highest BCUT2D eigenvalue weighted by atomic mass is 32.1. The third-order valence-electron chi connectivity index (χ3n) is 7.12. The SMILES string of the molecule is CC(=O)Nc1sc2c(c1C(c1ccccn1)N1CCC(Cc3ccccc3)CC1)CCCC2. The molecule has 2 aliphatic rings. The van der Waals surface area contributed by atoms with Gasteiger partial charge in [0, 0.05) is 23.6 Å². The number of fused-ring (bicyclic) bond motifs is 1. The Morgan fingerprint density at radius 1 is 1.09 bits per heavy atom. The van der Waals surface area contributed by atoms with E-state index in [-0.39, 0.29) is 11.9 Å². The first-order chi connectivity index (χ1) is 16.2. The lowest BCUT2D eigenvalue weighted by Gasteiger charge is -2.38. The minimum absolute atomic E-state index is 0.0104. The molecule has 1 amide bonds. The Balaban J connectivity index is 1.45. The first-order valence-electron chi connectivity index (χ1n) is 12.3. The van der Waals surface area contributed by atoms with Gasteiger partial charge in [0.1, 0.15) is 5.00 Å². The van der Waals surface area contributed by atoms with Crippen molar-refractivity contribution in [3.8, 4) is 0 Å². The minimum atomic E-state index is 0.0104. The summed E-state index contributed by atoms with van der Waals surface area (Å²) >= 11 is 1.79. The molecule has 1 unspecified atom stereocenters. The fourth-order valence-corrected chi connectivity index (χ4v) is 6.92. The molecule has 5 heteroatoms. The van der Waals surface area contributed by atoms with Crippen LogP contribution in [0.3, 0.4) is 0 Å². The average Bonchev–Trinajstić information content (AvgIpc) is 3.19. The Bertz CT molecular complexity index is 1070. The van der Waals surface area contributed by atoms with E-state index in [4.69, 9.17) is 4.98 Å². The number of amides is 1. The van der Waals surface area contributed by atoms with E-state index in [1.165, 1.54) is 47.3 Å². The summed E-state index contributed by atoms with van der Waals surface area (Å²) in [7, 11) is 0. The van der Waals surface area contributed by atoms with E-state index < -0.39 is 0 Å². The molecule has 33 heavy (non-hydrogen) atoms. The molecular formula is C28H33N3OS. The molecule has 2 aromatic heterocycles. The van der Waals surface area contributed by atoms with Crippen LogP contribution in [-0.2, 0) is 24.1 Å². The highest BCUT2D eigenvalue weighted by Gasteiger charge is 2.34. The molecular weight excluding hydrogens is 426 g/mol. The van der Waals surface area contributed by atoms with Crippen molar-refractivity contribution in [2.45, 2.75) is 57.9 Å². The Morgan fingerprint density at radius 2 is 1.85 bits per heavy atom. The maximum atomic E-state index is 12.1. The Kier molecular flexibility index (Phi) is 6.88. The van der Waals surface area contributed by atoms with Crippen molar-refractivity contribution in [2.24, 2.45) is 5.92 Å². The number of hydrogen-bond donors (Lipinski definition) is 1. The number of benzene rings is 1. The second-order valence-electron chi connectivity index (χ2n) is 9.46. The van der Waals surface area contributed by atoms with Gasteiger partial charge in [-0.05, 0) is 87.2 Å². The van der Waals surface area contributed by atoms with Crippen molar-refractivity contribution < 1.29 is 4.79 Å². The van der Waals surface area contributed by atoms with Crippen LogP contribution in [-0.4, -0.2) is 28.9 Å². The molecule has 1 saturated heterocycles. The van der Waals surface area contributed by atoms with Gasteiger partial charge in [0.05, 0.1) is 11.7 Å². The summed E-state index contributed by atoms with van der Waals surface area (Å²) < 4.78 is 0. The van der Waals surface area contributed by atoms with Gasteiger partial charge in [0.2, 0.25) is 5.91 Å². The van der Waals surface area contributed by atoms with Crippen LogP contribution in [0, 0.1) is 5.92 Å². The lowest BCUT2D eigenvalue weighted by Crippen LogP contribution is -2.38. The zero-order chi connectivity index (χ0) is 22.6. The Hall–Kier alpha value is -2.50. The molecule has 1 fully saturated rings. The number of anilines is 1. The maximum absolute atomic E-state index is 12.1. The van der Waals surface area contributed by atoms with E-state index in [2.05, 4.69) is 52.7 Å². The molecule has 172 valence electrons. The van der Waals surface area contributed by atoms with E-state index in [1.807, 2.05) is 12.3 Å². The molecule has 0 saturated carbocycles. The van der Waals surface area contributed by atoms with Crippen molar-refractivity contribution in [3.63, 3.8) is 0 Å². The van der Waals surface area contributed by atoms with E-state index in [1.54, 1.807) is 18.3 Å². The molecule has 5 rings (SSSR count). The number of carbonyl (C=O) groups is 1. The van der Waals surface area contributed by atoms with Crippen LogP contribution in [0.15, 0.2) is 54.7 Å². The van der Waals surface area contributed by atoms with Crippen LogP contribution in [0.4, 0.5) is 5.00 Å². The van der Waals surface area contributed by atoms with Gasteiger partial charge in [-0.15, -0.1) is 11.3 Å². The average molecular weight is 460 g/mol. The molecule has 1 atom stereocenters. The summed E-state index contributed by atoms with van der Waals surface area (Å²) in [5.74, 6) is 0.732. The van der Waals surface area contributed by atoms with E-state index in [0.717, 1.165) is 49.0 Å². The van der Waals surface area contributed by atoms with Crippen molar-refractivity contribution in [1.82, 2.24) is 9.88 Å². The number of hydrogen-bond acceptors (Lipinski definition) is 4. The predicted molar refractivity (Wildman–Crippen MR) is 136 cm³/mol. The van der Waals surface area contributed by atoms with Crippen molar-refractivity contribution in [3.05, 3.63) is 82.0 Å². The molecule has 1 aliphatic carbocycles. The lowest BCUT2D eigenvalue weighted by molar-refractivity contribution is -0.114. The summed E-state index contributed by atoms with van der Waals surface area (Å²) in [6.45, 7) is 3.74. The van der Waals surface area contributed by atoms with E-state index in [0.29, 0.717) is 0 Å². The number of likely N-dealkylation sites (tertiary alicyclic amines) is 1. The minimum Gasteiger partial charge on any atom is -0.318 e. The summed E-state index contributed by atoms with van der Waals surface area (Å²) in [6, 6.07) is 17.2. The second-order valence-corrected chi connectivity index (χ2v) is 10.6. The van der Waals surface area contributed by atoms with Gasteiger partial charge in [-0.25, -0.2) is 0 Å². The van der Waals surface area contributed by atoms with Crippen LogP contribution in [0.1, 0.15) is 65.9 Å². The first kappa shape index (κ1) is 22.3. The summed E-state index contributed by atoms with van der Waals surface area (Å²) in [6.07, 6.45) is 10.2. The third-order valence-corrected chi connectivity index (χ3v) is 8.35. The predicted octanol–water partition coefficient (Wildman–Crippen LogP) is 6.02. The van der Waals surface area contributed by atoms with Gasteiger partial charge < -0.3 is 5.32 Å².